The van der Waals surface area contributed by atoms with Gasteiger partial charge in [0.15, 0.2) is 0 Å². The molecule has 1 aromatic carbocycles. The van der Waals surface area contributed by atoms with E-state index in [9.17, 15) is 4.79 Å². The Hall–Kier alpha value is -1.85. The van der Waals surface area contributed by atoms with E-state index in [2.05, 4.69) is 10.6 Å². The van der Waals surface area contributed by atoms with Gasteiger partial charge < -0.3 is 15.7 Å². The zero-order valence-electron chi connectivity index (χ0n) is 11.3. The van der Waals surface area contributed by atoms with E-state index in [-0.39, 0.29) is 18.7 Å². The van der Waals surface area contributed by atoms with Gasteiger partial charge in [-0.1, -0.05) is 24.3 Å². The molecule has 1 heterocycles. The van der Waals surface area contributed by atoms with Gasteiger partial charge in [0.05, 0.1) is 5.69 Å². The number of benzene rings is 1. The van der Waals surface area contributed by atoms with Gasteiger partial charge in [0.25, 0.3) is 0 Å². The van der Waals surface area contributed by atoms with Gasteiger partial charge in [-0.15, -0.1) is 11.3 Å². The van der Waals surface area contributed by atoms with E-state index >= 15 is 0 Å². The van der Waals surface area contributed by atoms with E-state index in [1.807, 2.05) is 48.7 Å². The van der Waals surface area contributed by atoms with E-state index in [1.54, 1.807) is 11.3 Å². The van der Waals surface area contributed by atoms with Gasteiger partial charge in [0, 0.05) is 23.1 Å². The molecule has 0 saturated heterocycles. The number of rotatable bonds is 5. The highest BCUT2D eigenvalue weighted by Gasteiger charge is 2.10. The fourth-order valence-electron chi connectivity index (χ4n) is 1.89. The molecule has 0 aliphatic heterocycles. The zero-order valence-corrected chi connectivity index (χ0v) is 12.1. The van der Waals surface area contributed by atoms with Crippen LogP contribution in [0, 0.1) is 0 Å². The maximum Gasteiger partial charge on any atom is 0.319 e. The van der Waals surface area contributed by atoms with Crippen molar-refractivity contribution >= 4 is 23.1 Å². The minimum Gasteiger partial charge on any atom is -0.396 e. The molecule has 5 heteroatoms. The van der Waals surface area contributed by atoms with Crippen LogP contribution in [-0.2, 0) is 0 Å². The average molecular weight is 290 g/mol. The van der Waals surface area contributed by atoms with Crippen molar-refractivity contribution in [1.82, 2.24) is 5.32 Å². The lowest BCUT2D eigenvalue weighted by Crippen LogP contribution is -2.36. The maximum atomic E-state index is 11.9. The summed E-state index contributed by atoms with van der Waals surface area (Å²) in [5, 5.41) is 16.5. The number of aliphatic hydroxyl groups excluding tert-OH is 1. The molecule has 2 aromatic rings. The smallest absolute Gasteiger partial charge is 0.319 e. The van der Waals surface area contributed by atoms with Crippen LogP contribution in [-0.4, -0.2) is 23.8 Å². The normalized spacial score (nSPS) is 11.9. The van der Waals surface area contributed by atoms with E-state index in [0.717, 1.165) is 16.1 Å². The van der Waals surface area contributed by atoms with Gasteiger partial charge in [-0.3, -0.25) is 0 Å². The van der Waals surface area contributed by atoms with Crippen molar-refractivity contribution in [2.24, 2.45) is 0 Å². The largest absolute Gasteiger partial charge is 0.396 e. The van der Waals surface area contributed by atoms with E-state index in [1.165, 1.54) is 0 Å². The highest BCUT2D eigenvalue weighted by atomic mass is 32.1. The van der Waals surface area contributed by atoms with Gasteiger partial charge in [-0.2, -0.15) is 0 Å². The lowest BCUT2D eigenvalue weighted by atomic mass is 10.1. The molecule has 2 rings (SSSR count). The number of thiophene rings is 1. The van der Waals surface area contributed by atoms with E-state index in [4.69, 9.17) is 5.11 Å². The van der Waals surface area contributed by atoms with Gasteiger partial charge in [-0.25, -0.2) is 4.79 Å². The Bertz CT molecular complexity index is 555. The van der Waals surface area contributed by atoms with E-state index in [0.29, 0.717) is 6.42 Å². The summed E-state index contributed by atoms with van der Waals surface area (Å²) >= 11 is 1.63. The highest BCUT2D eigenvalue weighted by molar-refractivity contribution is 7.13. The number of carbonyl (C=O) groups is 1. The molecule has 0 fully saturated rings. The van der Waals surface area contributed by atoms with Crippen LogP contribution >= 0.6 is 11.3 Å². The average Bonchev–Trinajstić information content (AvgIpc) is 2.93. The van der Waals surface area contributed by atoms with Gasteiger partial charge >= 0.3 is 6.03 Å². The van der Waals surface area contributed by atoms with Crippen molar-refractivity contribution in [2.75, 3.05) is 11.9 Å². The standard InChI is InChI=1S/C15H18N2O2S/c1-11(8-9-18)16-15(19)17-13-6-3-2-5-12(13)14-7-4-10-20-14/h2-7,10-11,18H,8-9H2,1H3,(H2,16,17,19)/t11-/m1/s1. The summed E-state index contributed by atoms with van der Waals surface area (Å²) in [6, 6.07) is 11.4. The molecule has 3 N–H and O–H groups in total. The molecule has 0 spiro atoms. The van der Waals surface area contributed by atoms with Gasteiger partial charge in [0.2, 0.25) is 0 Å². The first-order chi connectivity index (χ1) is 9.70. The Morgan fingerprint density at radius 3 is 2.80 bits per heavy atom. The molecule has 2 amide bonds. The predicted octanol–water partition coefficient (Wildman–Crippen LogP) is 3.31. The summed E-state index contributed by atoms with van der Waals surface area (Å²) in [7, 11) is 0. The Labute approximate surface area is 122 Å². The fourth-order valence-corrected chi connectivity index (χ4v) is 2.65. The van der Waals surface area contributed by atoms with Crippen LogP contribution in [0.5, 0.6) is 0 Å². The second-order valence-corrected chi connectivity index (χ2v) is 5.48. The molecule has 0 bridgehead atoms. The van der Waals surface area contributed by atoms with Crippen LogP contribution in [0.1, 0.15) is 13.3 Å². The topological polar surface area (TPSA) is 61.4 Å². The number of para-hydroxylation sites is 1. The molecule has 0 saturated carbocycles. The van der Waals surface area contributed by atoms with Crippen LogP contribution < -0.4 is 10.6 Å². The summed E-state index contributed by atoms with van der Waals surface area (Å²) in [5.74, 6) is 0. The van der Waals surface area contributed by atoms with Crippen LogP contribution in [0.25, 0.3) is 10.4 Å². The Kier molecular flexibility index (Phi) is 5.15. The second-order valence-electron chi connectivity index (χ2n) is 4.53. The zero-order chi connectivity index (χ0) is 14.4. The summed E-state index contributed by atoms with van der Waals surface area (Å²) in [5.41, 5.74) is 1.79. The number of aliphatic hydroxyl groups is 1. The number of carbonyl (C=O) groups excluding carboxylic acids is 1. The monoisotopic (exact) mass is 290 g/mol. The first-order valence-electron chi connectivity index (χ1n) is 6.52. The number of nitrogens with one attached hydrogen (secondary N) is 2. The number of hydrogen-bond donors (Lipinski definition) is 3. The Morgan fingerprint density at radius 2 is 2.10 bits per heavy atom. The van der Waals surface area contributed by atoms with Crippen molar-refractivity contribution in [2.45, 2.75) is 19.4 Å². The Morgan fingerprint density at radius 1 is 1.30 bits per heavy atom. The fraction of sp³-hybridized carbons (Fsp3) is 0.267. The molecule has 106 valence electrons. The molecule has 0 unspecified atom stereocenters. The number of hydrogen-bond acceptors (Lipinski definition) is 3. The van der Waals surface area contributed by atoms with Gasteiger partial charge in [0.1, 0.15) is 0 Å². The maximum absolute atomic E-state index is 11.9. The molecular weight excluding hydrogens is 272 g/mol. The molecule has 1 atom stereocenters. The first-order valence-corrected chi connectivity index (χ1v) is 7.40. The summed E-state index contributed by atoms with van der Waals surface area (Å²) in [4.78, 5) is 13.0. The van der Waals surface area contributed by atoms with Crippen molar-refractivity contribution in [3.8, 4) is 10.4 Å². The summed E-state index contributed by atoms with van der Waals surface area (Å²) < 4.78 is 0. The number of anilines is 1. The second kappa shape index (κ2) is 7.07. The van der Waals surface area contributed by atoms with Crippen LogP contribution in [0.2, 0.25) is 0 Å². The summed E-state index contributed by atoms with van der Waals surface area (Å²) in [6.45, 7) is 1.92. The molecule has 0 aliphatic rings. The number of urea groups is 1. The minimum absolute atomic E-state index is 0.0612. The minimum atomic E-state index is -0.255. The lowest BCUT2D eigenvalue weighted by Gasteiger charge is -2.15. The lowest BCUT2D eigenvalue weighted by molar-refractivity contribution is 0.241. The third kappa shape index (κ3) is 3.82. The van der Waals surface area contributed by atoms with Crippen LogP contribution in [0.15, 0.2) is 41.8 Å². The first kappa shape index (κ1) is 14.6. The van der Waals surface area contributed by atoms with E-state index < -0.39 is 0 Å². The quantitative estimate of drug-likeness (QED) is 0.791. The molecule has 1 aromatic heterocycles. The van der Waals surface area contributed by atoms with Crippen molar-refractivity contribution in [1.29, 1.82) is 0 Å². The number of amides is 2. The predicted molar refractivity (Wildman–Crippen MR) is 83.1 cm³/mol. The van der Waals surface area contributed by atoms with Crippen LogP contribution in [0.3, 0.4) is 0 Å². The molecule has 20 heavy (non-hydrogen) atoms. The molecule has 4 nitrogen and oxygen atoms in total. The van der Waals surface area contributed by atoms with Crippen LogP contribution in [0.4, 0.5) is 10.5 Å². The van der Waals surface area contributed by atoms with Crippen molar-refractivity contribution in [3.63, 3.8) is 0 Å². The molecule has 0 radical (unpaired) electrons. The third-order valence-electron chi connectivity index (χ3n) is 2.90. The summed E-state index contributed by atoms with van der Waals surface area (Å²) in [6.07, 6.45) is 0.542. The Balaban J connectivity index is 2.08. The highest BCUT2D eigenvalue weighted by Crippen LogP contribution is 2.31. The van der Waals surface area contributed by atoms with Crippen molar-refractivity contribution < 1.29 is 9.90 Å². The molecule has 0 aliphatic carbocycles. The van der Waals surface area contributed by atoms with Crippen molar-refractivity contribution in [3.05, 3.63) is 41.8 Å². The molecular formula is C15H18N2O2S. The third-order valence-corrected chi connectivity index (χ3v) is 3.80. The van der Waals surface area contributed by atoms with Gasteiger partial charge in [-0.05, 0) is 30.9 Å². The SMILES string of the molecule is C[C@H](CCO)NC(=O)Nc1ccccc1-c1cccs1.